The maximum Gasteiger partial charge on any atom is 0.323 e. The van der Waals surface area contributed by atoms with Crippen LogP contribution in [0.25, 0.3) is 0 Å². The van der Waals surface area contributed by atoms with E-state index in [4.69, 9.17) is 9.84 Å². The lowest BCUT2D eigenvalue weighted by atomic mass is 9.85. The molecule has 3 rings (SSSR count). The third-order valence-corrected chi connectivity index (χ3v) is 6.61. The molecule has 0 radical (unpaired) electrons. The molecule has 0 bridgehead atoms. The van der Waals surface area contributed by atoms with Gasteiger partial charge < -0.3 is 30.7 Å². The second kappa shape index (κ2) is 12.9. The highest BCUT2D eigenvalue weighted by Gasteiger charge is 2.29. The number of hydrogen-bond acceptors (Lipinski definition) is 5. The summed E-state index contributed by atoms with van der Waals surface area (Å²) in [6.45, 7) is 5.85. The first-order valence-corrected chi connectivity index (χ1v) is 12.4. The van der Waals surface area contributed by atoms with Gasteiger partial charge in [0.2, 0.25) is 5.91 Å². The Balaban J connectivity index is 1.73. The predicted octanol–water partition coefficient (Wildman–Crippen LogP) is 4.40. The maximum atomic E-state index is 12.6. The van der Waals surface area contributed by atoms with Crippen LogP contribution in [-0.2, 0) is 9.59 Å². The Labute approximate surface area is 212 Å². The van der Waals surface area contributed by atoms with E-state index in [0.29, 0.717) is 24.4 Å². The number of piperidine rings is 1. The van der Waals surface area contributed by atoms with Crippen molar-refractivity contribution < 1.29 is 24.2 Å². The highest BCUT2D eigenvalue weighted by molar-refractivity contribution is 6.01. The molecule has 1 fully saturated rings. The van der Waals surface area contributed by atoms with E-state index in [9.17, 15) is 14.4 Å². The fourth-order valence-electron chi connectivity index (χ4n) is 4.51. The average molecular weight is 497 g/mol. The molecule has 9 heteroatoms. The number of carbonyl (C=O) groups excluding carboxylic acids is 2. The standard InChI is InChI=1S/C27H36N4O5/c1-4-24(32)30-26(19-11-14-31(15-12-19)16-13-25(33)34)20-9-10-22(23(17-20)36-3)29-27(35)28-21-8-6-5-7-18(21)2/h5-10,17,19,26H,4,11-16H2,1-3H3,(H,30,32)(H,33,34)(H2,28,29,35). The Bertz CT molecular complexity index is 1070. The molecule has 0 aromatic heterocycles. The number of aliphatic carboxylic acids is 1. The van der Waals surface area contributed by atoms with Gasteiger partial charge in [-0.05, 0) is 68.1 Å². The number of anilines is 2. The molecule has 9 nitrogen and oxygen atoms in total. The van der Waals surface area contributed by atoms with Crippen LogP contribution in [0.5, 0.6) is 5.75 Å². The molecular formula is C27H36N4O5. The van der Waals surface area contributed by atoms with Gasteiger partial charge in [0, 0.05) is 18.7 Å². The van der Waals surface area contributed by atoms with Crippen molar-refractivity contribution in [3.05, 3.63) is 53.6 Å². The van der Waals surface area contributed by atoms with Gasteiger partial charge in [-0.2, -0.15) is 0 Å². The Morgan fingerprint density at radius 1 is 1.08 bits per heavy atom. The molecule has 2 aromatic carbocycles. The molecule has 1 saturated heterocycles. The summed E-state index contributed by atoms with van der Waals surface area (Å²) in [6.07, 6.45) is 2.19. The highest BCUT2D eigenvalue weighted by Crippen LogP contribution is 2.35. The number of likely N-dealkylation sites (tertiary alicyclic amines) is 1. The normalized spacial score (nSPS) is 15.1. The van der Waals surface area contributed by atoms with Crippen LogP contribution < -0.4 is 20.7 Å². The summed E-state index contributed by atoms with van der Waals surface area (Å²) in [5.74, 6) is -0.123. The van der Waals surface area contributed by atoms with Gasteiger partial charge in [0.05, 0.1) is 25.3 Å². The Morgan fingerprint density at radius 3 is 2.42 bits per heavy atom. The minimum absolute atomic E-state index is 0.0351. The summed E-state index contributed by atoms with van der Waals surface area (Å²) in [7, 11) is 1.55. The zero-order valence-corrected chi connectivity index (χ0v) is 21.2. The third kappa shape index (κ3) is 7.45. The van der Waals surface area contributed by atoms with Crippen molar-refractivity contribution in [2.45, 2.75) is 45.6 Å². The van der Waals surface area contributed by atoms with Crippen LogP contribution >= 0.6 is 0 Å². The van der Waals surface area contributed by atoms with E-state index in [2.05, 4.69) is 20.9 Å². The number of para-hydroxylation sites is 1. The summed E-state index contributed by atoms with van der Waals surface area (Å²) in [5.41, 5.74) is 3.11. The van der Waals surface area contributed by atoms with E-state index >= 15 is 0 Å². The number of carboxylic acid groups (broad SMARTS) is 1. The summed E-state index contributed by atoms with van der Waals surface area (Å²) in [6, 6.07) is 12.5. The number of rotatable bonds is 10. The number of methoxy groups -OCH3 is 1. The average Bonchev–Trinajstić information content (AvgIpc) is 2.88. The van der Waals surface area contributed by atoms with E-state index in [1.165, 1.54) is 0 Å². The van der Waals surface area contributed by atoms with Crippen LogP contribution in [0.2, 0.25) is 0 Å². The molecule has 194 valence electrons. The van der Waals surface area contributed by atoms with Gasteiger partial charge in [0.15, 0.2) is 0 Å². The van der Waals surface area contributed by atoms with Crippen LogP contribution in [-0.4, -0.2) is 54.7 Å². The number of carbonyl (C=O) groups is 3. The molecule has 3 amide bonds. The number of ether oxygens (including phenoxy) is 1. The number of aryl methyl sites for hydroxylation is 1. The predicted molar refractivity (Wildman–Crippen MR) is 139 cm³/mol. The first kappa shape index (κ1) is 27.0. The maximum absolute atomic E-state index is 12.6. The van der Waals surface area contributed by atoms with Crippen LogP contribution in [0.15, 0.2) is 42.5 Å². The second-order valence-corrected chi connectivity index (χ2v) is 9.08. The SMILES string of the molecule is CCC(=O)NC(c1ccc(NC(=O)Nc2ccccc2C)c(OC)c1)C1CCN(CCC(=O)O)CC1. The number of nitrogens with zero attached hydrogens (tertiary/aromatic N) is 1. The molecule has 1 heterocycles. The topological polar surface area (TPSA) is 120 Å². The van der Waals surface area contributed by atoms with E-state index in [1.807, 2.05) is 50.2 Å². The van der Waals surface area contributed by atoms with Crippen molar-refractivity contribution in [2.75, 3.05) is 37.4 Å². The lowest BCUT2D eigenvalue weighted by Crippen LogP contribution is -2.41. The zero-order chi connectivity index (χ0) is 26.1. The van der Waals surface area contributed by atoms with Crippen molar-refractivity contribution in [3.63, 3.8) is 0 Å². The Kier molecular flexibility index (Phi) is 9.69. The number of carboxylic acids is 1. The molecule has 0 aliphatic carbocycles. The number of hydrogen-bond donors (Lipinski definition) is 4. The number of urea groups is 1. The lowest BCUT2D eigenvalue weighted by Gasteiger charge is -2.36. The van der Waals surface area contributed by atoms with Crippen LogP contribution in [0.1, 0.15) is 49.8 Å². The van der Waals surface area contributed by atoms with Crippen molar-refractivity contribution in [1.82, 2.24) is 10.2 Å². The molecule has 4 N–H and O–H groups in total. The first-order valence-electron chi connectivity index (χ1n) is 12.4. The Hall–Kier alpha value is -3.59. The fourth-order valence-corrected chi connectivity index (χ4v) is 4.51. The molecule has 1 unspecified atom stereocenters. The van der Waals surface area contributed by atoms with Crippen LogP contribution in [0.4, 0.5) is 16.2 Å². The van der Waals surface area contributed by atoms with E-state index in [-0.39, 0.29) is 30.3 Å². The first-order chi connectivity index (χ1) is 17.3. The van der Waals surface area contributed by atoms with Crippen molar-refractivity contribution in [1.29, 1.82) is 0 Å². The highest BCUT2D eigenvalue weighted by atomic mass is 16.5. The van der Waals surface area contributed by atoms with E-state index in [1.54, 1.807) is 13.2 Å². The van der Waals surface area contributed by atoms with Crippen LogP contribution in [0.3, 0.4) is 0 Å². The second-order valence-electron chi connectivity index (χ2n) is 9.08. The summed E-state index contributed by atoms with van der Waals surface area (Å²) in [5, 5.41) is 17.8. The van der Waals surface area contributed by atoms with E-state index < -0.39 is 5.97 Å². The van der Waals surface area contributed by atoms with Crippen LogP contribution in [0, 0.1) is 12.8 Å². The van der Waals surface area contributed by atoms with Crippen molar-refractivity contribution in [2.24, 2.45) is 5.92 Å². The van der Waals surface area contributed by atoms with Gasteiger partial charge in [0.25, 0.3) is 0 Å². The number of nitrogens with one attached hydrogen (secondary N) is 3. The zero-order valence-electron chi connectivity index (χ0n) is 21.2. The molecule has 1 aliphatic rings. The third-order valence-electron chi connectivity index (χ3n) is 6.61. The summed E-state index contributed by atoms with van der Waals surface area (Å²) >= 11 is 0. The minimum atomic E-state index is -0.793. The largest absolute Gasteiger partial charge is 0.495 e. The molecule has 0 saturated carbocycles. The van der Waals surface area contributed by atoms with Gasteiger partial charge in [0.1, 0.15) is 5.75 Å². The Morgan fingerprint density at radius 2 is 1.78 bits per heavy atom. The molecule has 0 spiro atoms. The quantitative estimate of drug-likeness (QED) is 0.387. The summed E-state index contributed by atoms with van der Waals surface area (Å²) < 4.78 is 5.58. The minimum Gasteiger partial charge on any atom is -0.495 e. The molecular weight excluding hydrogens is 460 g/mol. The number of benzene rings is 2. The van der Waals surface area contributed by atoms with Gasteiger partial charge in [-0.3, -0.25) is 9.59 Å². The van der Waals surface area contributed by atoms with E-state index in [0.717, 1.165) is 42.7 Å². The summed E-state index contributed by atoms with van der Waals surface area (Å²) in [4.78, 5) is 38.0. The number of amides is 3. The fraction of sp³-hybridized carbons (Fsp3) is 0.444. The molecule has 36 heavy (non-hydrogen) atoms. The van der Waals surface area contributed by atoms with Crippen molar-refractivity contribution in [3.8, 4) is 5.75 Å². The smallest absolute Gasteiger partial charge is 0.323 e. The molecule has 2 aromatic rings. The molecule has 1 atom stereocenters. The van der Waals surface area contributed by atoms with Gasteiger partial charge >= 0.3 is 12.0 Å². The van der Waals surface area contributed by atoms with Gasteiger partial charge in [-0.1, -0.05) is 31.2 Å². The van der Waals surface area contributed by atoms with Gasteiger partial charge in [-0.25, -0.2) is 4.79 Å². The van der Waals surface area contributed by atoms with Gasteiger partial charge in [-0.15, -0.1) is 0 Å². The molecule has 1 aliphatic heterocycles. The monoisotopic (exact) mass is 496 g/mol. The lowest BCUT2D eigenvalue weighted by molar-refractivity contribution is -0.137. The van der Waals surface area contributed by atoms with Crippen molar-refractivity contribution >= 4 is 29.3 Å².